The molecule has 0 amide bonds. The van der Waals surface area contributed by atoms with Crippen molar-refractivity contribution in [3.05, 3.63) is 23.5 Å². The summed E-state index contributed by atoms with van der Waals surface area (Å²) in [6, 6.07) is 2.39. The quantitative estimate of drug-likeness (QED) is 0.586. The second-order valence-corrected chi connectivity index (χ2v) is 4.17. The number of rotatable bonds is 9. The zero-order chi connectivity index (χ0) is 15.0. The standard InChI is InChI=1S/C13H17NO6/c15-5-3-1-2-4-6-20-9-7-10(12(16)17)14-11(8-9)13(18)19/h7-8,15H,1-6H2,(H,16,17)(H,18,19). The second kappa shape index (κ2) is 8.11. The van der Waals surface area contributed by atoms with Gasteiger partial charge in [0.05, 0.1) is 6.61 Å². The minimum atomic E-state index is -1.30. The van der Waals surface area contributed by atoms with Gasteiger partial charge in [-0.05, 0) is 19.3 Å². The van der Waals surface area contributed by atoms with Crippen molar-refractivity contribution >= 4 is 11.9 Å². The Kier molecular flexibility index (Phi) is 6.45. The molecule has 0 aliphatic carbocycles. The van der Waals surface area contributed by atoms with Gasteiger partial charge in [0, 0.05) is 18.7 Å². The molecule has 0 saturated heterocycles. The van der Waals surface area contributed by atoms with E-state index in [0.29, 0.717) is 6.61 Å². The number of nitrogens with zero attached hydrogens (tertiary/aromatic N) is 1. The molecule has 0 unspecified atom stereocenters. The highest BCUT2D eigenvalue weighted by Crippen LogP contribution is 2.15. The van der Waals surface area contributed by atoms with Crippen LogP contribution in [0.3, 0.4) is 0 Å². The lowest BCUT2D eigenvalue weighted by atomic mass is 10.2. The summed E-state index contributed by atoms with van der Waals surface area (Å²) in [5.74, 6) is -2.43. The molecule has 1 aromatic rings. The van der Waals surface area contributed by atoms with Crippen molar-refractivity contribution in [1.29, 1.82) is 0 Å². The molecule has 0 aliphatic rings. The average Bonchev–Trinajstić information content (AvgIpc) is 2.42. The van der Waals surface area contributed by atoms with Gasteiger partial charge in [-0.15, -0.1) is 0 Å². The largest absolute Gasteiger partial charge is 0.493 e. The maximum Gasteiger partial charge on any atom is 0.354 e. The van der Waals surface area contributed by atoms with Crippen LogP contribution < -0.4 is 4.74 Å². The summed E-state index contributed by atoms with van der Waals surface area (Å²) in [5, 5.41) is 26.3. The summed E-state index contributed by atoms with van der Waals surface area (Å²) in [6.07, 6.45) is 3.24. The van der Waals surface area contributed by atoms with Gasteiger partial charge in [-0.3, -0.25) is 0 Å². The fourth-order valence-corrected chi connectivity index (χ4v) is 1.57. The summed E-state index contributed by atoms with van der Waals surface area (Å²) in [5.41, 5.74) is -0.722. The van der Waals surface area contributed by atoms with Crippen LogP contribution >= 0.6 is 0 Å². The maximum absolute atomic E-state index is 10.8. The van der Waals surface area contributed by atoms with Crippen LogP contribution in [0.4, 0.5) is 0 Å². The molecule has 0 atom stereocenters. The lowest BCUT2D eigenvalue weighted by molar-refractivity contribution is 0.0684. The topological polar surface area (TPSA) is 117 Å². The third-order valence-electron chi connectivity index (χ3n) is 2.56. The molecule has 1 heterocycles. The third-order valence-corrected chi connectivity index (χ3v) is 2.56. The van der Waals surface area contributed by atoms with Crippen LogP contribution in [0.5, 0.6) is 5.75 Å². The van der Waals surface area contributed by atoms with Crippen LogP contribution in [0, 0.1) is 0 Å². The summed E-state index contributed by atoms with van der Waals surface area (Å²) in [4.78, 5) is 25.2. The van der Waals surface area contributed by atoms with Gasteiger partial charge in [0.15, 0.2) is 11.4 Å². The number of aromatic carboxylic acids is 2. The number of carboxylic acids is 2. The smallest absolute Gasteiger partial charge is 0.354 e. The minimum Gasteiger partial charge on any atom is -0.493 e. The summed E-state index contributed by atoms with van der Waals surface area (Å²) in [7, 11) is 0. The van der Waals surface area contributed by atoms with Crippen molar-refractivity contribution in [2.24, 2.45) is 0 Å². The molecule has 0 bridgehead atoms. The molecule has 0 radical (unpaired) electrons. The van der Waals surface area contributed by atoms with Crippen LogP contribution in [0.15, 0.2) is 12.1 Å². The van der Waals surface area contributed by atoms with E-state index in [2.05, 4.69) is 4.98 Å². The normalized spacial score (nSPS) is 10.2. The number of pyridine rings is 1. The molecular formula is C13H17NO6. The van der Waals surface area contributed by atoms with Crippen LogP contribution in [0.1, 0.15) is 46.7 Å². The van der Waals surface area contributed by atoms with Crippen LogP contribution in [0.2, 0.25) is 0 Å². The van der Waals surface area contributed by atoms with Gasteiger partial charge in [0.25, 0.3) is 0 Å². The molecule has 3 N–H and O–H groups in total. The summed E-state index contributed by atoms with van der Waals surface area (Å²) < 4.78 is 5.34. The highest BCUT2D eigenvalue weighted by molar-refractivity contribution is 5.90. The van der Waals surface area contributed by atoms with Gasteiger partial charge in [0.2, 0.25) is 0 Å². The number of aromatic nitrogens is 1. The second-order valence-electron chi connectivity index (χ2n) is 4.17. The summed E-state index contributed by atoms with van der Waals surface area (Å²) in [6.45, 7) is 0.517. The molecule has 7 nitrogen and oxygen atoms in total. The molecule has 7 heteroatoms. The molecule has 0 spiro atoms. The number of hydrogen-bond acceptors (Lipinski definition) is 5. The van der Waals surface area contributed by atoms with Crippen molar-refractivity contribution in [3.63, 3.8) is 0 Å². The van der Waals surface area contributed by atoms with Gasteiger partial charge in [0.1, 0.15) is 5.75 Å². The van der Waals surface area contributed by atoms with E-state index >= 15 is 0 Å². The van der Waals surface area contributed by atoms with E-state index in [1.165, 1.54) is 12.1 Å². The first-order chi connectivity index (χ1) is 9.54. The Morgan fingerprint density at radius 2 is 1.55 bits per heavy atom. The first-order valence-corrected chi connectivity index (χ1v) is 6.27. The fourth-order valence-electron chi connectivity index (χ4n) is 1.57. The molecule has 20 heavy (non-hydrogen) atoms. The predicted octanol–water partition coefficient (Wildman–Crippen LogP) is 1.41. The lowest BCUT2D eigenvalue weighted by Crippen LogP contribution is -2.09. The van der Waals surface area contributed by atoms with Gasteiger partial charge in [-0.2, -0.15) is 0 Å². The molecule has 0 fully saturated rings. The monoisotopic (exact) mass is 283 g/mol. The highest BCUT2D eigenvalue weighted by atomic mass is 16.5. The molecule has 0 aliphatic heterocycles. The van der Waals surface area contributed by atoms with E-state index in [1.807, 2.05) is 0 Å². The van der Waals surface area contributed by atoms with Gasteiger partial charge < -0.3 is 20.1 Å². The Labute approximate surface area is 115 Å². The summed E-state index contributed by atoms with van der Waals surface area (Å²) >= 11 is 0. The van der Waals surface area contributed by atoms with E-state index in [9.17, 15) is 9.59 Å². The zero-order valence-corrected chi connectivity index (χ0v) is 10.9. The van der Waals surface area contributed by atoms with E-state index in [1.54, 1.807) is 0 Å². The van der Waals surface area contributed by atoms with Crippen molar-refractivity contribution in [2.75, 3.05) is 13.2 Å². The maximum atomic E-state index is 10.8. The minimum absolute atomic E-state index is 0.162. The van der Waals surface area contributed by atoms with Crippen molar-refractivity contribution < 1.29 is 29.6 Å². The number of unbranched alkanes of at least 4 members (excludes halogenated alkanes) is 3. The number of carboxylic acid groups (broad SMARTS) is 2. The Morgan fingerprint density at radius 3 is 2.05 bits per heavy atom. The van der Waals surface area contributed by atoms with Gasteiger partial charge in [-0.1, -0.05) is 6.42 Å². The predicted molar refractivity (Wildman–Crippen MR) is 69.2 cm³/mol. The average molecular weight is 283 g/mol. The van der Waals surface area contributed by atoms with Crippen LogP contribution in [-0.2, 0) is 0 Å². The molecule has 110 valence electrons. The molecule has 1 rings (SSSR count). The Hall–Kier alpha value is -2.15. The number of aliphatic hydroxyl groups is 1. The van der Waals surface area contributed by atoms with E-state index < -0.39 is 11.9 Å². The highest BCUT2D eigenvalue weighted by Gasteiger charge is 2.13. The Morgan fingerprint density at radius 1 is 1.00 bits per heavy atom. The number of ether oxygens (including phenoxy) is 1. The number of carbonyl (C=O) groups is 2. The van der Waals surface area contributed by atoms with Crippen LogP contribution in [0.25, 0.3) is 0 Å². The molecule has 0 aromatic carbocycles. The van der Waals surface area contributed by atoms with E-state index in [0.717, 1.165) is 25.7 Å². The third kappa shape index (κ3) is 5.23. The first-order valence-electron chi connectivity index (χ1n) is 6.27. The molecule has 1 aromatic heterocycles. The van der Waals surface area contributed by atoms with E-state index in [-0.39, 0.29) is 23.7 Å². The molecule has 0 saturated carbocycles. The number of aliphatic hydroxyl groups excluding tert-OH is 1. The molecular weight excluding hydrogens is 266 g/mol. The Balaban J connectivity index is 2.60. The van der Waals surface area contributed by atoms with Crippen molar-refractivity contribution in [1.82, 2.24) is 4.98 Å². The zero-order valence-electron chi connectivity index (χ0n) is 10.9. The number of hydrogen-bond donors (Lipinski definition) is 3. The van der Waals surface area contributed by atoms with Crippen molar-refractivity contribution in [3.8, 4) is 5.75 Å². The first kappa shape index (κ1) is 15.9. The lowest BCUT2D eigenvalue weighted by Gasteiger charge is -2.07. The van der Waals surface area contributed by atoms with Crippen LogP contribution in [-0.4, -0.2) is 45.5 Å². The van der Waals surface area contributed by atoms with Crippen molar-refractivity contribution in [2.45, 2.75) is 25.7 Å². The SMILES string of the molecule is O=C(O)c1cc(OCCCCCCO)cc(C(=O)O)n1. The fraction of sp³-hybridized carbons (Fsp3) is 0.462. The van der Waals surface area contributed by atoms with E-state index in [4.69, 9.17) is 20.1 Å². The van der Waals surface area contributed by atoms with Gasteiger partial charge >= 0.3 is 11.9 Å². The Bertz CT molecular complexity index is 442. The van der Waals surface area contributed by atoms with Gasteiger partial charge in [-0.25, -0.2) is 14.6 Å².